The van der Waals surface area contributed by atoms with Crippen LogP contribution in [-0.4, -0.2) is 6.10 Å². The Morgan fingerprint density at radius 1 is 1.10 bits per heavy atom. The molecular formula is C15H15F2NOS. The second-order valence-corrected chi connectivity index (χ2v) is 5.70. The van der Waals surface area contributed by atoms with Gasteiger partial charge in [0.1, 0.15) is 17.4 Å². The SMILES string of the molecule is CC(C)Oc1cc(N)cc(Sc2cc(F)ccc2F)c1. The smallest absolute Gasteiger partial charge is 0.137 e. The molecule has 0 atom stereocenters. The van der Waals surface area contributed by atoms with Gasteiger partial charge in [0.25, 0.3) is 0 Å². The van der Waals surface area contributed by atoms with E-state index in [1.165, 1.54) is 0 Å². The fraction of sp³-hybridized carbons (Fsp3) is 0.200. The Morgan fingerprint density at radius 2 is 1.85 bits per heavy atom. The van der Waals surface area contributed by atoms with Crippen molar-refractivity contribution in [2.45, 2.75) is 29.7 Å². The van der Waals surface area contributed by atoms with Crippen molar-refractivity contribution in [1.82, 2.24) is 0 Å². The van der Waals surface area contributed by atoms with E-state index in [1.54, 1.807) is 18.2 Å². The summed E-state index contributed by atoms with van der Waals surface area (Å²) in [6.07, 6.45) is 0.0144. The van der Waals surface area contributed by atoms with Gasteiger partial charge in [0.2, 0.25) is 0 Å². The average molecular weight is 295 g/mol. The zero-order chi connectivity index (χ0) is 14.7. The minimum absolute atomic E-state index is 0.0144. The van der Waals surface area contributed by atoms with Crippen LogP contribution in [0.2, 0.25) is 0 Å². The summed E-state index contributed by atoms with van der Waals surface area (Å²) in [4.78, 5) is 0.913. The molecule has 20 heavy (non-hydrogen) atoms. The zero-order valence-corrected chi connectivity index (χ0v) is 12.0. The molecule has 0 aliphatic rings. The number of hydrogen-bond acceptors (Lipinski definition) is 3. The molecule has 2 rings (SSSR count). The number of nitrogens with two attached hydrogens (primary N) is 1. The van der Waals surface area contributed by atoms with Gasteiger partial charge in [0.05, 0.1) is 11.0 Å². The van der Waals surface area contributed by atoms with Crippen LogP contribution in [0.25, 0.3) is 0 Å². The summed E-state index contributed by atoms with van der Waals surface area (Å²) in [6, 6.07) is 8.51. The number of benzene rings is 2. The number of anilines is 1. The van der Waals surface area contributed by atoms with Gasteiger partial charge in [0, 0.05) is 16.6 Å². The van der Waals surface area contributed by atoms with Crippen LogP contribution in [0.3, 0.4) is 0 Å². The lowest BCUT2D eigenvalue weighted by Crippen LogP contribution is -2.05. The molecule has 0 fully saturated rings. The van der Waals surface area contributed by atoms with Crippen molar-refractivity contribution in [1.29, 1.82) is 0 Å². The molecule has 0 saturated carbocycles. The van der Waals surface area contributed by atoms with Crippen LogP contribution in [0, 0.1) is 11.6 Å². The third-order valence-electron chi connectivity index (χ3n) is 2.40. The van der Waals surface area contributed by atoms with Crippen LogP contribution >= 0.6 is 11.8 Å². The van der Waals surface area contributed by atoms with Crippen molar-refractivity contribution in [3.8, 4) is 5.75 Å². The Bertz CT molecular complexity index is 617. The maximum Gasteiger partial charge on any atom is 0.137 e. The van der Waals surface area contributed by atoms with Gasteiger partial charge in [-0.2, -0.15) is 0 Å². The topological polar surface area (TPSA) is 35.2 Å². The normalized spacial score (nSPS) is 10.8. The predicted molar refractivity (Wildman–Crippen MR) is 77.1 cm³/mol. The summed E-state index contributed by atoms with van der Waals surface area (Å²) in [5, 5.41) is 0. The summed E-state index contributed by atoms with van der Waals surface area (Å²) in [5.74, 6) is -0.332. The van der Waals surface area contributed by atoms with Gasteiger partial charge >= 0.3 is 0 Å². The number of rotatable bonds is 4. The maximum absolute atomic E-state index is 13.6. The molecule has 0 heterocycles. The third kappa shape index (κ3) is 3.87. The highest BCUT2D eigenvalue weighted by Crippen LogP contribution is 2.34. The van der Waals surface area contributed by atoms with Gasteiger partial charge in [-0.15, -0.1) is 0 Å². The van der Waals surface area contributed by atoms with Gasteiger partial charge in [0.15, 0.2) is 0 Å². The minimum Gasteiger partial charge on any atom is -0.491 e. The van der Waals surface area contributed by atoms with E-state index < -0.39 is 11.6 Å². The lowest BCUT2D eigenvalue weighted by Gasteiger charge is -2.12. The van der Waals surface area contributed by atoms with Gasteiger partial charge in [-0.05, 0) is 44.2 Å². The standard InChI is InChI=1S/C15H15F2NOS/c1-9(2)19-12-6-11(18)7-13(8-12)20-15-5-10(16)3-4-14(15)17/h3-9H,18H2,1-2H3. The van der Waals surface area contributed by atoms with Crippen LogP contribution in [0.4, 0.5) is 14.5 Å². The lowest BCUT2D eigenvalue weighted by atomic mass is 10.3. The van der Waals surface area contributed by atoms with E-state index >= 15 is 0 Å². The second kappa shape index (κ2) is 6.13. The highest BCUT2D eigenvalue weighted by atomic mass is 32.2. The number of halogens is 2. The molecule has 0 aliphatic heterocycles. The molecule has 2 N–H and O–H groups in total. The molecule has 5 heteroatoms. The summed E-state index contributed by atoms with van der Waals surface area (Å²) >= 11 is 1.11. The molecule has 0 aromatic heterocycles. The average Bonchev–Trinajstić information content (AvgIpc) is 2.32. The first-order chi connectivity index (χ1) is 9.44. The number of ether oxygens (including phenoxy) is 1. The molecule has 0 saturated heterocycles. The second-order valence-electron chi connectivity index (χ2n) is 4.58. The molecule has 0 bridgehead atoms. The fourth-order valence-electron chi connectivity index (χ4n) is 1.68. The third-order valence-corrected chi connectivity index (χ3v) is 3.40. The van der Waals surface area contributed by atoms with Crippen molar-refractivity contribution in [2.24, 2.45) is 0 Å². The van der Waals surface area contributed by atoms with Crippen LogP contribution in [0.1, 0.15) is 13.8 Å². The summed E-state index contributed by atoms with van der Waals surface area (Å²) < 4.78 is 32.3. The van der Waals surface area contributed by atoms with Gasteiger partial charge < -0.3 is 10.5 Å². The Kier molecular flexibility index (Phi) is 4.49. The summed E-state index contributed by atoms with van der Waals surface area (Å²) in [7, 11) is 0. The van der Waals surface area contributed by atoms with E-state index in [0.717, 1.165) is 30.0 Å². The van der Waals surface area contributed by atoms with E-state index in [4.69, 9.17) is 10.5 Å². The van der Waals surface area contributed by atoms with E-state index in [0.29, 0.717) is 16.3 Å². The molecule has 106 valence electrons. The highest BCUT2D eigenvalue weighted by Gasteiger charge is 2.08. The summed E-state index contributed by atoms with van der Waals surface area (Å²) in [6.45, 7) is 3.81. The largest absolute Gasteiger partial charge is 0.491 e. The van der Waals surface area contributed by atoms with Crippen molar-refractivity contribution < 1.29 is 13.5 Å². The molecular weight excluding hydrogens is 280 g/mol. The Hall–Kier alpha value is -1.75. The van der Waals surface area contributed by atoms with E-state index in [9.17, 15) is 8.78 Å². The molecule has 0 radical (unpaired) electrons. The van der Waals surface area contributed by atoms with Crippen molar-refractivity contribution in [2.75, 3.05) is 5.73 Å². The minimum atomic E-state index is -0.476. The monoisotopic (exact) mass is 295 g/mol. The van der Waals surface area contributed by atoms with E-state index in [-0.39, 0.29) is 11.0 Å². The van der Waals surface area contributed by atoms with Crippen molar-refractivity contribution in [3.05, 3.63) is 48.0 Å². The van der Waals surface area contributed by atoms with E-state index in [1.807, 2.05) is 13.8 Å². The molecule has 2 aromatic carbocycles. The van der Waals surface area contributed by atoms with Crippen LogP contribution in [0.15, 0.2) is 46.2 Å². The zero-order valence-electron chi connectivity index (χ0n) is 11.2. The Balaban J connectivity index is 2.28. The lowest BCUT2D eigenvalue weighted by molar-refractivity contribution is 0.242. The van der Waals surface area contributed by atoms with Crippen molar-refractivity contribution >= 4 is 17.4 Å². The number of nitrogen functional groups attached to an aromatic ring is 1. The molecule has 0 amide bonds. The first kappa shape index (κ1) is 14.7. The van der Waals surface area contributed by atoms with Crippen LogP contribution < -0.4 is 10.5 Å². The molecule has 0 unspecified atom stereocenters. The van der Waals surface area contributed by atoms with Crippen LogP contribution in [0.5, 0.6) is 5.75 Å². The fourth-order valence-corrected chi connectivity index (χ4v) is 2.64. The first-order valence-corrected chi connectivity index (χ1v) is 6.96. The summed E-state index contributed by atoms with van der Waals surface area (Å²) in [5.41, 5.74) is 6.31. The number of hydrogen-bond donors (Lipinski definition) is 1. The first-order valence-electron chi connectivity index (χ1n) is 6.14. The van der Waals surface area contributed by atoms with Gasteiger partial charge in [-0.3, -0.25) is 0 Å². The maximum atomic E-state index is 13.6. The molecule has 0 spiro atoms. The molecule has 2 aromatic rings. The quantitative estimate of drug-likeness (QED) is 0.844. The van der Waals surface area contributed by atoms with Crippen molar-refractivity contribution in [3.63, 3.8) is 0 Å². The van der Waals surface area contributed by atoms with Crippen LogP contribution in [-0.2, 0) is 0 Å². The van der Waals surface area contributed by atoms with Gasteiger partial charge in [-0.25, -0.2) is 8.78 Å². The Labute approximate surface area is 120 Å². The Morgan fingerprint density at radius 3 is 2.55 bits per heavy atom. The molecule has 0 aliphatic carbocycles. The highest BCUT2D eigenvalue weighted by molar-refractivity contribution is 7.99. The van der Waals surface area contributed by atoms with Gasteiger partial charge in [-0.1, -0.05) is 11.8 Å². The molecule has 2 nitrogen and oxygen atoms in total. The predicted octanol–water partition coefficient (Wildman–Crippen LogP) is 4.49. The van der Waals surface area contributed by atoms with E-state index in [2.05, 4.69) is 0 Å².